The molecule has 2 atom stereocenters. The molecule has 1 aliphatic rings. The molecule has 10 heteroatoms. The zero-order valence-corrected chi connectivity index (χ0v) is 18.2. The lowest BCUT2D eigenvalue weighted by atomic mass is 9.93. The fraction of sp³-hybridized carbons (Fsp3) is 0.579. The fourth-order valence-electron chi connectivity index (χ4n) is 3.37. The maximum Gasteiger partial charge on any atom is 0.244 e. The van der Waals surface area contributed by atoms with Crippen LogP contribution in [0.4, 0.5) is 10.8 Å². The Kier molecular flexibility index (Phi) is 5.07. The van der Waals surface area contributed by atoms with Crippen molar-refractivity contribution in [1.82, 2.24) is 29.3 Å². The van der Waals surface area contributed by atoms with E-state index in [2.05, 4.69) is 41.3 Å². The molecule has 9 nitrogen and oxygen atoms in total. The average Bonchev–Trinajstić information content (AvgIpc) is 3.28. The molecular weight excluding hydrogens is 390 g/mol. The Morgan fingerprint density at radius 2 is 2.00 bits per heavy atom. The van der Waals surface area contributed by atoms with Crippen LogP contribution in [0.2, 0.25) is 0 Å². The van der Waals surface area contributed by atoms with Crippen molar-refractivity contribution in [2.45, 2.75) is 58.8 Å². The summed E-state index contributed by atoms with van der Waals surface area (Å²) >= 11 is 1.48. The highest BCUT2D eigenvalue weighted by molar-refractivity contribution is 7.20. The van der Waals surface area contributed by atoms with E-state index in [4.69, 9.17) is 4.74 Å². The first kappa shape index (κ1) is 19.8. The number of carbonyl (C=O) groups is 1. The van der Waals surface area contributed by atoms with Gasteiger partial charge in [-0.25, -0.2) is 9.50 Å². The van der Waals surface area contributed by atoms with Crippen LogP contribution in [0.25, 0.3) is 4.96 Å². The molecule has 1 amide bonds. The number of hydrogen-bond donors (Lipinski definition) is 1. The van der Waals surface area contributed by atoms with Crippen LogP contribution in [-0.2, 0) is 21.5 Å². The van der Waals surface area contributed by atoms with Gasteiger partial charge >= 0.3 is 0 Å². The van der Waals surface area contributed by atoms with Gasteiger partial charge in [0.1, 0.15) is 6.54 Å². The molecule has 0 aliphatic carbocycles. The van der Waals surface area contributed by atoms with Gasteiger partial charge in [0.2, 0.25) is 16.0 Å². The number of nitrogens with zero attached hydrogens (tertiary/aromatic N) is 6. The summed E-state index contributed by atoms with van der Waals surface area (Å²) in [6.45, 7) is 11.8. The Bertz CT molecular complexity index is 974. The summed E-state index contributed by atoms with van der Waals surface area (Å²) < 4.78 is 9.13. The molecule has 0 aromatic carbocycles. The van der Waals surface area contributed by atoms with Gasteiger partial charge in [0, 0.05) is 24.7 Å². The van der Waals surface area contributed by atoms with E-state index in [0.29, 0.717) is 13.1 Å². The number of rotatable bonds is 4. The second-order valence-electron chi connectivity index (χ2n) is 8.62. The topological polar surface area (TPSA) is 89.6 Å². The molecular formula is C19H27N7O2S. The first-order valence-electron chi connectivity index (χ1n) is 9.77. The van der Waals surface area contributed by atoms with Gasteiger partial charge in [0.25, 0.3) is 0 Å². The maximum absolute atomic E-state index is 12.6. The number of amides is 1. The molecule has 0 radical (unpaired) electrons. The van der Waals surface area contributed by atoms with Gasteiger partial charge in [-0.1, -0.05) is 32.1 Å². The Morgan fingerprint density at radius 3 is 2.66 bits per heavy atom. The molecule has 1 aliphatic heterocycles. The minimum Gasteiger partial charge on any atom is -0.372 e. The summed E-state index contributed by atoms with van der Waals surface area (Å²) in [4.78, 5) is 19.9. The van der Waals surface area contributed by atoms with Gasteiger partial charge in [-0.2, -0.15) is 5.10 Å². The third kappa shape index (κ3) is 4.43. The summed E-state index contributed by atoms with van der Waals surface area (Å²) in [5, 5.41) is 12.8. The monoisotopic (exact) mass is 417 g/mol. The summed E-state index contributed by atoms with van der Waals surface area (Å²) in [5.74, 6) is 0.0454. The van der Waals surface area contributed by atoms with Crippen LogP contribution in [0.3, 0.4) is 0 Å². The number of aromatic nitrogens is 5. The van der Waals surface area contributed by atoms with Gasteiger partial charge in [0.05, 0.1) is 36.0 Å². The highest BCUT2D eigenvalue weighted by Crippen LogP contribution is 2.27. The molecule has 2 unspecified atom stereocenters. The fourth-order valence-corrected chi connectivity index (χ4v) is 4.17. The number of nitrogens with one attached hydrogen (secondary N) is 1. The molecule has 156 valence electrons. The van der Waals surface area contributed by atoms with Crippen LogP contribution in [-0.4, -0.2) is 60.5 Å². The number of imidazole rings is 1. The summed E-state index contributed by atoms with van der Waals surface area (Å²) in [5.41, 5.74) is 1.79. The van der Waals surface area contributed by atoms with E-state index in [-0.39, 0.29) is 30.1 Å². The quantitative estimate of drug-likeness (QED) is 0.702. The molecule has 29 heavy (non-hydrogen) atoms. The van der Waals surface area contributed by atoms with Crippen molar-refractivity contribution in [3.05, 3.63) is 24.3 Å². The number of ether oxygens (including phenoxy) is 1. The predicted octanol–water partition coefficient (Wildman–Crippen LogP) is 2.66. The van der Waals surface area contributed by atoms with Crippen LogP contribution in [0.1, 0.15) is 40.3 Å². The molecule has 3 aromatic rings. The van der Waals surface area contributed by atoms with Crippen molar-refractivity contribution >= 4 is 33.0 Å². The summed E-state index contributed by atoms with van der Waals surface area (Å²) in [6.07, 6.45) is 5.59. The van der Waals surface area contributed by atoms with Crippen molar-refractivity contribution in [3.63, 3.8) is 0 Å². The molecule has 0 saturated carbocycles. The highest BCUT2D eigenvalue weighted by atomic mass is 32.1. The first-order chi connectivity index (χ1) is 13.7. The molecule has 1 fully saturated rings. The third-order valence-corrected chi connectivity index (χ3v) is 5.60. The first-order valence-corrected chi connectivity index (χ1v) is 10.6. The molecule has 0 bridgehead atoms. The number of fused-ring (bicyclic) bond motifs is 1. The maximum atomic E-state index is 12.6. The SMILES string of the molecule is CC1CN(C(=O)Cn2cc(Nc3nn4cc(C(C)(C)C)nc4s3)cn2)CC(C)O1. The van der Waals surface area contributed by atoms with Crippen molar-refractivity contribution in [2.75, 3.05) is 18.4 Å². The number of carbonyl (C=O) groups excluding carboxylic acids is 1. The van der Waals surface area contributed by atoms with E-state index in [0.717, 1.165) is 21.5 Å². The van der Waals surface area contributed by atoms with E-state index in [1.165, 1.54) is 11.3 Å². The zero-order chi connectivity index (χ0) is 20.8. The second-order valence-corrected chi connectivity index (χ2v) is 9.57. The van der Waals surface area contributed by atoms with Gasteiger partial charge in [-0.3, -0.25) is 9.48 Å². The normalized spacial score (nSPS) is 20.4. The van der Waals surface area contributed by atoms with Crippen LogP contribution in [0, 0.1) is 0 Å². The second kappa shape index (κ2) is 7.42. The van der Waals surface area contributed by atoms with E-state index >= 15 is 0 Å². The van der Waals surface area contributed by atoms with Crippen LogP contribution >= 0.6 is 11.3 Å². The Morgan fingerprint density at radius 1 is 1.28 bits per heavy atom. The van der Waals surface area contributed by atoms with E-state index in [1.54, 1.807) is 15.4 Å². The van der Waals surface area contributed by atoms with Crippen LogP contribution in [0.5, 0.6) is 0 Å². The Labute approximate surface area is 173 Å². The molecule has 4 heterocycles. The van der Waals surface area contributed by atoms with E-state index in [1.807, 2.05) is 31.1 Å². The lowest BCUT2D eigenvalue weighted by Crippen LogP contribution is -2.49. The third-order valence-electron chi connectivity index (χ3n) is 4.77. The summed E-state index contributed by atoms with van der Waals surface area (Å²) in [6, 6.07) is 0. The number of morpholine rings is 1. The van der Waals surface area contributed by atoms with E-state index < -0.39 is 0 Å². The zero-order valence-electron chi connectivity index (χ0n) is 17.4. The molecule has 1 N–H and O–H groups in total. The molecule has 3 aromatic heterocycles. The van der Waals surface area contributed by atoms with Crippen molar-refractivity contribution < 1.29 is 9.53 Å². The van der Waals surface area contributed by atoms with Gasteiger partial charge in [-0.05, 0) is 13.8 Å². The van der Waals surface area contributed by atoms with Crippen molar-refractivity contribution in [3.8, 4) is 0 Å². The average molecular weight is 418 g/mol. The number of hydrogen-bond acceptors (Lipinski definition) is 7. The van der Waals surface area contributed by atoms with E-state index in [9.17, 15) is 4.79 Å². The lowest BCUT2D eigenvalue weighted by Gasteiger charge is -2.35. The smallest absolute Gasteiger partial charge is 0.244 e. The Hall–Kier alpha value is -2.46. The largest absolute Gasteiger partial charge is 0.372 e. The minimum absolute atomic E-state index is 0.00917. The Balaban J connectivity index is 1.39. The molecule has 4 rings (SSSR count). The lowest BCUT2D eigenvalue weighted by molar-refractivity contribution is -0.144. The molecule has 1 saturated heterocycles. The predicted molar refractivity (Wildman–Crippen MR) is 112 cm³/mol. The van der Waals surface area contributed by atoms with Crippen molar-refractivity contribution in [2.24, 2.45) is 0 Å². The van der Waals surface area contributed by atoms with Gasteiger partial charge < -0.3 is 15.0 Å². The number of anilines is 2. The van der Waals surface area contributed by atoms with Gasteiger partial charge in [0.15, 0.2) is 0 Å². The summed E-state index contributed by atoms with van der Waals surface area (Å²) in [7, 11) is 0. The van der Waals surface area contributed by atoms with Crippen LogP contribution in [0.15, 0.2) is 18.6 Å². The minimum atomic E-state index is -0.00917. The standard InChI is InChI=1S/C19H27N7O2S/c1-12-7-24(8-13(2)28-12)16(27)11-25-9-14(6-20-25)21-17-23-26-10-15(19(3,4)5)22-18(26)29-17/h6,9-10,12-13H,7-8,11H2,1-5H3,(H,21,23). The van der Waals surface area contributed by atoms with Crippen LogP contribution < -0.4 is 5.32 Å². The van der Waals surface area contributed by atoms with Gasteiger partial charge in [-0.15, -0.1) is 5.10 Å². The molecule has 0 spiro atoms. The highest BCUT2D eigenvalue weighted by Gasteiger charge is 2.26. The van der Waals surface area contributed by atoms with Crippen molar-refractivity contribution in [1.29, 1.82) is 0 Å².